The molecule has 0 aliphatic heterocycles. The van der Waals surface area contributed by atoms with E-state index < -0.39 is 0 Å². The van der Waals surface area contributed by atoms with E-state index in [9.17, 15) is 0 Å². The lowest BCUT2D eigenvalue weighted by Gasteiger charge is -2.19. The van der Waals surface area contributed by atoms with Gasteiger partial charge in [0.05, 0.1) is 13.2 Å². The summed E-state index contributed by atoms with van der Waals surface area (Å²) in [5, 5.41) is 5.62. The molecule has 0 fully saturated rings. The van der Waals surface area contributed by atoms with Gasteiger partial charge in [0.25, 0.3) is 0 Å². The van der Waals surface area contributed by atoms with Crippen molar-refractivity contribution < 1.29 is 4.74 Å². The zero-order valence-corrected chi connectivity index (χ0v) is 14.3. The van der Waals surface area contributed by atoms with Gasteiger partial charge in [-0.25, -0.2) is 0 Å². The first-order valence-electron chi connectivity index (χ1n) is 6.87. The van der Waals surface area contributed by atoms with E-state index in [2.05, 4.69) is 56.6 Å². The summed E-state index contributed by atoms with van der Waals surface area (Å²) in [5.41, 5.74) is 1.48. The van der Waals surface area contributed by atoms with Crippen molar-refractivity contribution in [3.05, 3.63) is 43.8 Å². The molecule has 2 aromatic heterocycles. The van der Waals surface area contributed by atoms with E-state index in [-0.39, 0.29) is 5.54 Å². The minimum absolute atomic E-state index is 0.160. The molecule has 2 nitrogen and oxygen atoms in total. The Morgan fingerprint density at radius 2 is 2.00 bits per heavy atom. The van der Waals surface area contributed by atoms with Crippen LogP contribution in [-0.4, -0.2) is 5.54 Å². The van der Waals surface area contributed by atoms with Crippen molar-refractivity contribution in [2.24, 2.45) is 0 Å². The molecule has 0 aromatic carbocycles. The largest absolute Gasteiger partial charge is 0.371 e. The van der Waals surface area contributed by atoms with E-state index in [0.717, 1.165) is 6.54 Å². The predicted octanol–water partition coefficient (Wildman–Crippen LogP) is 4.72. The van der Waals surface area contributed by atoms with Crippen LogP contribution in [-0.2, 0) is 24.5 Å². The minimum Gasteiger partial charge on any atom is -0.371 e. The van der Waals surface area contributed by atoms with Crippen LogP contribution in [0.1, 0.15) is 41.0 Å². The molecule has 0 spiro atoms. The number of hydrogen-bond donors (Lipinski definition) is 1. The van der Waals surface area contributed by atoms with Gasteiger partial charge in [0.15, 0.2) is 0 Å². The number of thiophene rings is 2. The van der Waals surface area contributed by atoms with Gasteiger partial charge in [-0.15, -0.1) is 22.7 Å². The fraction of sp³-hybridized carbons (Fsp3) is 0.500. The number of nitrogens with one attached hydrogen (secondary N) is 1. The summed E-state index contributed by atoms with van der Waals surface area (Å²) < 4.78 is 5.80. The van der Waals surface area contributed by atoms with Crippen molar-refractivity contribution in [2.45, 2.75) is 53.0 Å². The third kappa shape index (κ3) is 5.02. The Morgan fingerprint density at radius 1 is 1.20 bits per heavy atom. The maximum atomic E-state index is 5.80. The molecule has 0 bridgehead atoms. The quantitative estimate of drug-likeness (QED) is 0.833. The fourth-order valence-corrected chi connectivity index (χ4v) is 3.45. The van der Waals surface area contributed by atoms with Crippen LogP contribution in [0.15, 0.2) is 23.6 Å². The topological polar surface area (TPSA) is 21.3 Å². The van der Waals surface area contributed by atoms with Crippen LogP contribution in [0.5, 0.6) is 0 Å². The maximum absolute atomic E-state index is 5.80. The summed E-state index contributed by atoms with van der Waals surface area (Å²) in [4.78, 5) is 4.03. The molecular formula is C16H23NOS2. The molecule has 2 rings (SSSR count). The molecular weight excluding hydrogens is 286 g/mol. The first-order valence-corrected chi connectivity index (χ1v) is 8.57. The molecule has 0 atom stereocenters. The first-order chi connectivity index (χ1) is 9.44. The lowest BCUT2D eigenvalue weighted by molar-refractivity contribution is 0.109. The van der Waals surface area contributed by atoms with Crippen LogP contribution in [0.2, 0.25) is 0 Å². The smallest absolute Gasteiger partial charge is 0.0813 e. The average Bonchev–Trinajstić information content (AvgIpc) is 2.97. The molecule has 0 unspecified atom stereocenters. The van der Waals surface area contributed by atoms with E-state index in [4.69, 9.17) is 4.74 Å². The number of rotatable bonds is 6. The minimum atomic E-state index is 0.160. The van der Waals surface area contributed by atoms with Crippen molar-refractivity contribution in [3.63, 3.8) is 0 Å². The van der Waals surface area contributed by atoms with Crippen molar-refractivity contribution in [3.8, 4) is 0 Å². The van der Waals surface area contributed by atoms with Gasteiger partial charge in [-0.3, -0.25) is 0 Å². The molecule has 4 heteroatoms. The third-order valence-corrected chi connectivity index (χ3v) is 4.89. The molecule has 0 radical (unpaired) electrons. The highest BCUT2D eigenvalue weighted by molar-refractivity contribution is 7.12. The van der Waals surface area contributed by atoms with Gasteiger partial charge in [-0.05, 0) is 50.8 Å². The van der Waals surface area contributed by atoms with E-state index in [0.29, 0.717) is 13.2 Å². The molecule has 0 saturated heterocycles. The summed E-state index contributed by atoms with van der Waals surface area (Å²) in [6.45, 7) is 11.1. The summed E-state index contributed by atoms with van der Waals surface area (Å²) in [5.74, 6) is 0. The SMILES string of the molecule is Cc1sc(CNC(C)(C)C)cc1COCc1cccs1. The Labute approximate surface area is 129 Å². The lowest BCUT2D eigenvalue weighted by atomic mass is 10.1. The number of ether oxygens (including phenoxy) is 1. The van der Waals surface area contributed by atoms with Crippen molar-refractivity contribution in [1.82, 2.24) is 5.32 Å². The number of hydrogen-bond acceptors (Lipinski definition) is 4. The second kappa shape index (κ2) is 6.85. The van der Waals surface area contributed by atoms with Crippen LogP contribution < -0.4 is 5.32 Å². The predicted molar refractivity (Wildman–Crippen MR) is 88.5 cm³/mol. The third-order valence-electron chi connectivity index (χ3n) is 2.95. The van der Waals surface area contributed by atoms with E-state index in [1.165, 1.54) is 20.2 Å². The van der Waals surface area contributed by atoms with E-state index in [1.54, 1.807) is 11.3 Å². The molecule has 0 aliphatic carbocycles. The summed E-state index contributed by atoms with van der Waals surface area (Å²) in [6.07, 6.45) is 0. The molecule has 110 valence electrons. The van der Waals surface area contributed by atoms with Crippen LogP contribution >= 0.6 is 22.7 Å². The Morgan fingerprint density at radius 3 is 2.65 bits per heavy atom. The normalized spacial score (nSPS) is 12.0. The Bertz CT molecular complexity index is 523. The first kappa shape index (κ1) is 15.7. The highest BCUT2D eigenvalue weighted by atomic mass is 32.1. The second-order valence-corrected chi connectivity index (χ2v) is 8.34. The van der Waals surface area contributed by atoms with Crippen LogP contribution in [0.3, 0.4) is 0 Å². The second-order valence-electron chi connectivity index (χ2n) is 5.97. The summed E-state index contributed by atoms with van der Waals surface area (Å²) >= 11 is 3.61. The van der Waals surface area contributed by atoms with Crippen LogP contribution in [0.25, 0.3) is 0 Å². The molecule has 0 amide bonds. The molecule has 20 heavy (non-hydrogen) atoms. The standard InChI is InChI=1S/C16H23NOS2/c1-12-13(10-18-11-14-6-5-7-19-14)8-15(20-12)9-17-16(2,3)4/h5-8,17H,9-11H2,1-4H3. The lowest BCUT2D eigenvalue weighted by Crippen LogP contribution is -2.34. The number of aryl methyl sites for hydroxylation is 1. The van der Waals surface area contributed by atoms with Crippen LogP contribution in [0, 0.1) is 6.92 Å². The van der Waals surface area contributed by atoms with Crippen molar-refractivity contribution in [2.75, 3.05) is 0 Å². The van der Waals surface area contributed by atoms with Gasteiger partial charge in [0.2, 0.25) is 0 Å². The van der Waals surface area contributed by atoms with E-state index in [1.807, 2.05) is 11.3 Å². The van der Waals surface area contributed by atoms with Gasteiger partial charge in [0, 0.05) is 26.7 Å². The molecule has 2 aromatic rings. The molecule has 2 heterocycles. The molecule has 0 aliphatic rings. The maximum Gasteiger partial charge on any atom is 0.0813 e. The average molecular weight is 309 g/mol. The Kier molecular flexibility index (Phi) is 5.38. The fourth-order valence-electron chi connectivity index (χ4n) is 1.83. The highest BCUT2D eigenvalue weighted by Crippen LogP contribution is 2.23. The zero-order chi connectivity index (χ0) is 14.6. The summed E-state index contributed by atoms with van der Waals surface area (Å²) in [7, 11) is 0. The Balaban J connectivity index is 1.84. The molecule has 0 saturated carbocycles. The van der Waals surface area contributed by atoms with Crippen LogP contribution in [0.4, 0.5) is 0 Å². The summed E-state index contributed by atoms with van der Waals surface area (Å²) in [6, 6.07) is 6.45. The van der Waals surface area contributed by atoms with Gasteiger partial charge < -0.3 is 10.1 Å². The van der Waals surface area contributed by atoms with E-state index >= 15 is 0 Å². The van der Waals surface area contributed by atoms with Crippen molar-refractivity contribution >= 4 is 22.7 Å². The highest BCUT2D eigenvalue weighted by Gasteiger charge is 2.11. The molecule has 1 N–H and O–H groups in total. The van der Waals surface area contributed by atoms with Gasteiger partial charge in [0.1, 0.15) is 0 Å². The van der Waals surface area contributed by atoms with Gasteiger partial charge in [-0.1, -0.05) is 6.07 Å². The van der Waals surface area contributed by atoms with Gasteiger partial charge in [-0.2, -0.15) is 0 Å². The van der Waals surface area contributed by atoms with Crippen molar-refractivity contribution in [1.29, 1.82) is 0 Å². The van der Waals surface area contributed by atoms with Gasteiger partial charge >= 0.3 is 0 Å². The Hall–Kier alpha value is -0.680. The monoisotopic (exact) mass is 309 g/mol. The zero-order valence-electron chi connectivity index (χ0n) is 12.7.